The number of halogens is 2. The van der Waals surface area contributed by atoms with E-state index in [2.05, 4.69) is 9.97 Å². The van der Waals surface area contributed by atoms with E-state index in [-0.39, 0.29) is 10.3 Å². The predicted octanol–water partition coefficient (Wildman–Crippen LogP) is 0.350. The summed E-state index contributed by atoms with van der Waals surface area (Å²) in [6, 6.07) is 1.53. The normalized spacial score (nSPS) is 30.2. The summed E-state index contributed by atoms with van der Waals surface area (Å²) in [5.74, 6) is 0. The SMILES string of the molecule is OCC1OC(n2cnc3c(Cl)nc(Cl)cc32)C(O)C1O. The van der Waals surface area contributed by atoms with Crippen molar-refractivity contribution in [1.29, 1.82) is 0 Å². The highest BCUT2D eigenvalue weighted by molar-refractivity contribution is 6.36. The molecular formula is C11H11Cl2N3O4. The third kappa shape index (κ3) is 2.07. The van der Waals surface area contributed by atoms with Crippen LogP contribution in [0, 0.1) is 0 Å². The van der Waals surface area contributed by atoms with Gasteiger partial charge in [0.25, 0.3) is 0 Å². The summed E-state index contributed by atoms with van der Waals surface area (Å²) in [6.07, 6.45) is -2.72. The van der Waals surface area contributed by atoms with E-state index >= 15 is 0 Å². The van der Waals surface area contributed by atoms with Gasteiger partial charge in [-0.2, -0.15) is 0 Å². The Balaban J connectivity index is 2.07. The molecule has 1 aliphatic rings. The first-order valence-electron chi connectivity index (χ1n) is 5.84. The number of pyridine rings is 1. The molecule has 0 amide bonds. The zero-order valence-electron chi connectivity index (χ0n) is 10.0. The highest BCUT2D eigenvalue weighted by Crippen LogP contribution is 2.33. The number of hydrogen-bond acceptors (Lipinski definition) is 6. The van der Waals surface area contributed by atoms with Crippen molar-refractivity contribution in [1.82, 2.24) is 14.5 Å². The van der Waals surface area contributed by atoms with Crippen molar-refractivity contribution in [2.75, 3.05) is 6.61 Å². The van der Waals surface area contributed by atoms with Crippen LogP contribution < -0.4 is 0 Å². The second-order valence-electron chi connectivity index (χ2n) is 4.48. The Bertz CT molecular complexity index is 650. The van der Waals surface area contributed by atoms with Gasteiger partial charge in [0, 0.05) is 6.07 Å². The molecule has 108 valence electrons. The quantitative estimate of drug-likeness (QED) is 0.690. The summed E-state index contributed by atoms with van der Waals surface area (Å²) in [7, 11) is 0. The first kappa shape index (κ1) is 14.0. The summed E-state index contributed by atoms with van der Waals surface area (Å²) in [4.78, 5) is 7.96. The molecule has 3 heterocycles. The number of imidazole rings is 1. The van der Waals surface area contributed by atoms with Gasteiger partial charge in [0.1, 0.15) is 29.0 Å². The number of fused-ring (bicyclic) bond motifs is 1. The molecule has 4 atom stereocenters. The average molecular weight is 320 g/mol. The fraction of sp³-hybridized carbons (Fsp3) is 0.455. The molecule has 1 aliphatic heterocycles. The second-order valence-corrected chi connectivity index (χ2v) is 5.23. The fourth-order valence-corrected chi connectivity index (χ4v) is 2.74. The number of aliphatic hydroxyl groups excluding tert-OH is 3. The Morgan fingerprint density at radius 2 is 2.05 bits per heavy atom. The summed E-state index contributed by atoms with van der Waals surface area (Å²) in [5.41, 5.74) is 0.929. The lowest BCUT2D eigenvalue weighted by Gasteiger charge is -2.17. The third-order valence-corrected chi connectivity index (χ3v) is 3.74. The van der Waals surface area contributed by atoms with E-state index < -0.39 is 31.1 Å². The molecule has 2 aromatic heterocycles. The molecule has 1 fully saturated rings. The molecule has 3 rings (SSSR count). The average Bonchev–Trinajstić information content (AvgIpc) is 2.93. The van der Waals surface area contributed by atoms with Gasteiger partial charge in [0.15, 0.2) is 11.4 Å². The lowest BCUT2D eigenvalue weighted by molar-refractivity contribution is -0.0508. The van der Waals surface area contributed by atoms with E-state index in [0.29, 0.717) is 11.0 Å². The van der Waals surface area contributed by atoms with Crippen LogP contribution in [0.25, 0.3) is 11.0 Å². The van der Waals surface area contributed by atoms with E-state index in [4.69, 9.17) is 33.0 Å². The minimum absolute atomic E-state index is 0.137. The maximum Gasteiger partial charge on any atom is 0.164 e. The van der Waals surface area contributed by atoms with Crippen molar-refractivity contribution >= 4 is 34.2 Å². The van der Waals surface area contributed by atoms with Crippen molar-refractivity contribution in [3.05, 3.63) is 22.7 Å². The first-order valence-corrected chi connectivity index (χ1v) is 6.59. The van der Waals surface area contributed by atoms with Crippen LogP contribution in [0.15, 0.2) is 12.4 Å². The zero-order chi connectivity index (χ0) is 14.4. The van der Waals surface area contributed by atoms with E-state index in [1.54, 1.807) is 0 Å². The molecule has 20 heavy (non-hydrogen) atoms. The first-order chi connectivity index (χ1) is 9.52. The van der Waals surface area contributed by atoms with Crippen molar-refractivity contribution in [2.45, 2.75) is 24.5 Å². The topological polar surface area (TPSA) is 101 Å². The predicted molar refractivity (Wildman–Crippen MR) is 70.6 cm³/mol. The lowest BCUT2D eigenvalue weighted by atomic mass is 10.1. The molecule has 0 spiro atoms. The van der Waals surface area contributed by atoms with Crippen LogP contribution >= 0.6 is 23.2 Å². The fourth-order valence-electron chi connectivity index (χ4n) is 2.28. The highest BCUT2D eigenvalue weighted by atomic mass is 35.5. The monoisotopic (exact) mass is 319 g/mol. The standard InChI is InChI=1S/C11H11Cl2N3O4/c12-6-1-4-7(10(13)15-6)14-3-16(4)11-9(19)8(18)5(2-17)20-11/h1,3,5,8-9,11,17-19H,2H2. The van der Waals surface area contributed by atoms with Crippen LogP contribution in [-0.2, 0) is 4.74 Å². The van der Waals surface area contributed by atoms with Crippen molar-refractivity contribution in [3.8, 4) is 0 Å². The van der Waals surface area contributed by atoms with E-state index in [0.717, 1.165) is 0 Å². The lowest BCUT2D eigenvalue weighted by Crippen LogP contribution is -2.33. The van der Waals surface area contributed by atoms with Gasteiger partial charge in [0.2, 0.25) is 0 Å². The molecule has 0 saturated carbocycles. The Morgan fingerprint density at radius 1 is 1.30 bits per heavy atom. The molecule has 0 bridgehead atoms. The molecule has 0 radical (unpaired) electrons. The van der Waals surface area contributed by atoms with E-state index in [1.165, 1.54) is 17.0 Å². The molecule has 9 heteroatoms. The molecule has 1 saturated heterocycles. The van der Waals surface area contributed by atoms with Gasteiger partial charge in [-0.05, 0) is 0 Å². The number of aromatic nitrogens is 3. The summed E-state index contributed by atoms with van der Waals surface area (Å²) >= 11 is 11.8. The van der Waals surface area contributed by atoms with Crippen LogP contribution in [0.2, 0.25) is 10.3 Å². The maximum atomic E-state index is 10.0. The minimum Gasteiger partial charge on any atom is -0.394 e. The van der Waals surface area contributed by atoms with Crippen LogP contribution in [0.1, 0.15) is 6.23 Å². The van der Waals surface area contributed by atoms with Crippen molar-refractivity contribution in [3.63, 3.8) is 0 Å². The number of nitrogens with zero attached hydrogens (tertiary/aromatic N) is 3. The number of ether oxygens (including phenoxy) is 1. The highest BCUT2D eigenvalue weighted by Gasteiger charge is 2.43. The van der Waals surface area contributed by atoms with Crippen LogP contribution in [0.5, 0.6) is 0 Å². The van der Waals surface area contributed by atoms with E-state index in [9.17, 15) is 10.2 Å². The Labute approximate surface area is 123 Å². The van der Waals surface area contributed by atoms with Gasteiger partial charge >= 0.3 is 0 Å². The van der Waals surface area contributed by atoms with Crippen molar-refractivity contribution < 1.29 is 20.1 Å². The van der Waals surface area contributed by atoms with Gasteiger partial charge in [-0.15, -0.1) is 0 Å². The molecule has 0 aliphatic carbocycles. The summed E-state index contributed by atoms with van der Waals surface area (Å²) in [6.45, 7) is -0.398. The van der Waals surface area contributed by atoms with Crippen LogP contribution in [0.3, 0.4) is 0 Å². The van der Waals surface area contributed by atoms with E-state index in [1.807, 2.05) is 0 Å². The van der Waals surface area contributed by atoms with Crippen molar-refractivity contribution in [2.24, 2.45) is 0 Å². The van der Waals surface area contributed by atoms with Gasteiger partial charge in [-0.3, -0.25) is 0 Å². The Hall–Kier alpha value is -0.960. The van der Waals surface area contributed by atoms with Crippen LogP contribution in [-0.4, -0.2) is 54.8 Å². The van der Waals surface area contributed by atoms with Crippen LogP contribution in [0.4, 0.5) is 0 Å². The maximum absolute atomic E-state index is 10.0. The second kappa shape index (κ2) is 5.10. The number of rotatable bonds is 2. The smallest absolute Gasteiger partial charge is 0.164 e. The number of aliphatic hydroxyl groups is 3. The molecule has 0 aromatic carbocycles. The largest absolute Gasteiger partial charge is 0.394 e. The Kier molecular flexibility index (Phi) is 3.57. The minimum atomic E-state index is -1.20. The molecule has 4 unspecified atom stereocenters. The van der Waals surface area contributed by atoms with Gasteiger partial charge in [0.05, 0.1) is 18.5 Å². The summed E-state index contributed by atoms with van der Waals surface area (Å²) < 4.78 is 6.93. The Morgan fingerprint density at radius 3 is 2.70 bits per heavy atom. The summed E-state index contributed by atoms with van der Waals surface area (Å²) in [5, 5.41) is 29.2. The van der Waals surface area contributed by atoms with Gasteiger partial charge in [-0.25, -0.2) is 9.97 Å². The van der Waals surface area contributed by atoms with Gasteiger partial charge < -0.3 is 24.6 Å². The molecule has 3 N–H and O–H groups in total. The third-order valence-electron chi connectivity index (χ3n) is 3.28. The zero-order valence-corrected chi connectivity index (χ0v) is 11.5. The molecule has 2 aromatic rings. The number of hydrogen-bond donors (Lipinski definition) is 3. The molecule has 7 nitrogen and oxygen atoms in total. The van der Waals surface area contributed by atoms with Gasteiger partial charge in [-0.1, -0.05) is 23.2 Å². The molecular weight excluding hydrogens is 309 g/mol.